The average molecular weight is 306 g/mol. The van der Waals surface area contributed by atoms with Crippen LogP contribution < -0.4 is 4.74 Å². The minimum atomic E-state index is 0.655. The highest BCUT2D eigenvalue weighted by atomic mass is 16.5. The maximum Gasteiger partial charge on any atom is 0.137 e. The first-order valence-electron chi connectivity index (χ1n) is 8.08. The molecule has 0 aliphatic heterocycles. The number of nitriles is 1. The molecule has 1 aromatic carbocycles. The lowest BCUT2D eigenvalue weighted by Crippen LogP contribution is -1.97. The molecule has 118 valence electrons. The number of hydrogen-bond donors (Lipinski definition) is 0. The summed E-state index contributed by atoms with van der Waals surface area (Å²) in [6.45, 7) is 2.87. The van der Waals surface area contributed by atoms with Crippen LogP contribution in [-0.2, 0) is 0 Å². The molecule has 0 atom stereocenters. The Morgan fingerprint density at radius 2 is 1.91 bits per heavy atom. The van der Waals surface area contributed by atoms with Gasteiger partial charge in [0, 0.05) is 5.56 Å². The van der Waals surface area contributed by atoms with Crippen molar-refractivity contribution >= 4 is 0 Å². The van der Waals surface area contributed by atoms with Crippen LogP contribution in [0, 0.1) is 11.3 Å². The molecule has 0 aliphatic rings. The Hall–Kier alpha value is -2.60. The van der Waals surface area contributed by atoms with Crippen molar-refractivity contribution in [2.75, 3.05) is 6.61 Å². The Labute approximate surface area is 138 Å². The lowest BCUT2D eigenvalue weighted by Gasteiger charge is -2.06. The van der Waals surface area contributed by atoms with Gasteiger partial charge in [0.2, 0.25) is 0 Å². The van der Waals surface area contributed by atoms with Crippen molar-refractivity contribution in [3.63, 3.8) is 0 Å². The van der Waals surface area contributed by atoms with E-state index in [0.717, 1.165) is 49.3 Å². The third kappa shape index (κ3) is 5.60. The molecule has 23 heavy (non-hydrogen) atoms. The summed E-state index contributed by atoms with van der Waals surface area (Å²) in [6, 6.07) is 13.4. The second-order valence-electron chi connectivity index (χ2n) is 5.29. The Balaban J connectivity index is 1.80. The molecule has 1 aromatic heterocycles. The third-order valence-electron chi connectivity index (χ3n) is 3.48. The van der Waals surface area contributed by atoms with Gasteiger partial charge in [-0.15, -0.1) is 0 Å². The summed E-state index contributed by atoms with van der Waals surface area (Å²) in [4.78, 5) is 4.42. The van der Waals surface area contributed by atoms with Gasteiger partial charge < -0.3 is 4.74 Å². The fourth-order valence-electron chi connectivity index (χ4n) is 2.19. The van der Waals surface area contributed by atoms with Gasteiger partial charge in [-0.25, -0.2) is 0 Å². The van der Waals surface area contributed by atoms with Crippen molar-refractivity contribution in [1.29, 1.82) is 5.26 Å². The van der Waals surface area contributed by atoms with Crippen molar-refractivity contribution in [3.05, 3.63) is 60.3 Å². The summed E-state index contributed by atoms with van der Waals surface area (Å²) in [7, 11) is 0. The molecule has 0 saturated heterocycles. The van der Waals surface area contributed by atoms with Gasteiger partial charge in [-0.05, 0) is 49.9 Å². The second-order valence-corrected chi connectivity index (χ2v) is 5.29. The highest BCUT2D eigenvalue weighted by molar-refractivity contribution is 5.60. The van der Waals surface area contributed by atoms with Crippen molar-refractivity contribution in [1.82, 2.24) is 4.98 Å². The van der Waals surface area contributed by atoms with E-state index in [0.29, 0.717) is 5.56 Å². The Kier molecular flexibility index (Phi) is 6.87. The quantitative estimate of drug-likeness (QED) is 0.501. The third-order valence-corrected chi connectivity index (χ3v) is 3.48. The predicted molar refractivity (Wildman–Crippen MR) is 93.2 cm³/mol. The largest absolute Gasteiger partial charge is 0.492 e. The monoisotopic (exact) mass is 306 g/mol. The van der Waals surface area contributed by atoms with E-state index in [-0.39, 0.29) is 0 Å². The molecule has 0 aliphatic carbocycles. The van der Waals surface area contributed by atoms with Crippen molar-refractivity contribution in [3.8, 4) is 23.1 Å². The first kappa shape index (κ1) is 16.8. The standard InChI is InChI=1S/C20H22N2O/c1-2-3-4-5-6-7-14-23-19-12-13-20(22-16-19)18-10-8-17(15-21)9-11-18/h3-4,8-13,16H,2,5-7,14H2,1H3. The van der Waals surface area contributed by atoms with Crippen LogP contribution in [0.25, 0.3) is 11.3 Å². The summed E-state index contributed by atoms with van der Waals surface area (Å²) in [5.41, 5.74) is 2.53. The van der Waals surface area contributed by atoms with E-state index in [1.54, 1.807) is 18.3 Å². The number of benzene rings is 1. The molecule has 0 fully saturated rings. The lowest BCUT2D eigenvalue weighted by atomic mass is 10.1. The summed E-state index contributed by atoms with van der Waals surface area (Å²) >= 11 is 0. The summed E-state index contributed by atoms with van der Waals surface area (Å²) in [6.07, 6.45) is 10.6. The van der Waals surface area contributed by atoms with Gasteiger partial charge in [-0.1, -0.05) is 31.2 Å². The zero-order valence-corrected chi connectivity index (χ0v) is 13.5. The molecule has 0 unspecified atom stereocenters. The van der Waals surface area contributed by atoms with E-state index in [4.69, 9.17) is 10.00 Å². The highest BCUT2D eigenvalue weighted by Crippen LogP contribution is 2.20. The molecule has 0 N–H and O–H groups in total. The van der Waals surface area contributed by atoms with E-state index in [2.05, 4.69) is 30.1 Å². The maximum atomic E-state index is 8.81. The number of unbranched alkanes of at least 4 members (excludes halogenated alkanes) is 2. The number of nitrogens with zero attached hydrogens (tertiary/aromatic N) is 2. The zero-order chi connectivity index (χ0) is 16.3. The first-order chi connectivity index (χ1) is 11.3. The van der Waals surface area contributed by atoms with Crippen LogP contribution >= 0.6 is 0 Å². The number of ether oxygens (including phenoxy) is 1. The Bertz CT molecular complexity index is 652. The number of pyridine rings is 1. The molecular formula is C20H22N2O. The van der Waals surface area contributed by atoms with Gasteiger partial charge in [-0.2, -0.15) is 5.26 Å². The van der Waals surface area contributed by atoms with Gasteiger partial charge >= 0.3 is 0 Å². The van der Waals surface area contributed by atoms with Gasteiger partial charge in [0.15, 0.2) is 0 Å². The minimum Gasteiger partial charge on any atom is -0.492 e. The number of hydrogen-bond acceptors (Lipinski definition) is 3. The van der Waals surface area contributed by atoms with Crippen LogP contribution in [0.2, 0.25) is 0 Å². The Morgan fingerprint density at radius 3 is 2.57 bits per heavy atom. The Morgan fingerprint density at radius 1 is 1.09 bits per heavy atom. The summed E-state index contributed by atoms with van der Waals surface area (Å²) in [5.74, 6) is 0.798. The topological polar surface area (TPSA) is 45.9 Å². The molecule has 0 bridgehead atoms. The van der Waals surface area contributed by atoms with Crippen molar-refractivity contribution in [2.45, 2.75) is 32.6 Å². The fraction of sp³-hybridized carbons (Fsp3) is 0.300. The molecule has 0 spiro atoms. The molecule has 0 radical (unpaired) electrons. The van der Waals surface area contributed by atoms with Crippen molar-refractivity contribution < 1.29 is 4.74 Å². The van der Waals surface area contributed by atoms with Gasteiger partial charge in [-0.3, -0.25) is 4.98 Å². The smallest absolute Gasteiger partial charge is 0.137 e. The van der Waals surface area contributed by atoms with E-state index in [1.807, 2.05) is 24.3 Å². The van der Waals surface area contributed by atoms with Crippen LogP contribution in [0.1, 0.15) is 38.2 Å². The fourth-order valence-corrected chi connectivity index (χ4v) is 2.19. The van der Waals surface area contributed by atoms with Gasteiger partial charge in [0.25, 0.3) is 0 Å². The molecule has 3 heteroatoms. The zero-order valence-electron chi connectivity index (χ0n) is 13.5. The number of rotatable bonds is 8. The van der Waals surface area contributed by atoms with Crippen molar-refractivity contribution in [2.24, 2.45) is 0 Å². The molecule has 0 saturated carbocycles. The predicted octanol–water partition coefficient (Wildman–Crippen LogP) is 5.14. The van der Waals surface area contributed by atoms with Crippen LogP contribution in [-0.4, -0.2) is 11.6 Å². The molecule has 3 nitrogen and oxygen atoms in total. The van der Waals surface area contributed by atoms with Crippen LogP contribution in [0.5, 0.6) is 5.75 Å². The van der Waals surface area contributed by atoms with E-state index in [9.17, 15) is 0 Å². The second kappa shape index (κ2) is 9.42. The molecule has 0 amide bonds. The van der Waals surface area contributed by atoms with Crippen LogP contribution in [0.15, 0.2) is 54.7 Å². The highest BCUT2D eigenvalue weighted by Gasteiger charge is 2.01. The van der Waals surface area contributed by atoms with Crippen LogP contribution in [0.4, 0.5) is 0 Å². The molecule has 1 heterocycles. The van der Waals surface area contributed by atoms with E-state index < -0.39 is 0 Å². The van der Waals surface area contributed by atoms with E-state index in [1.165, 1.54) is 0 Å². The maximum absolute atomic E-state index is 8.81. The molecule has 2 aromatic rings. The van der Waals surface area contributed by atoms with Crippen LogP contribution in [0.3, 0.4) is 0 Å². The normalized spacial score (nSPS) is 10.6. The number of aromatic nitrogens is 1. The minimum absolute atomic E-state index is 0.655. The summed E-state index contributed by atoms with van der Waals surface area (Å²) in [5, 5.41) is 8.81. The lowest BCUT2D eigenvalue weighted by molar-refractivity contribution is 0.306. The summed E-state index contributed by atoms with van der Waals surface area (Å²) < 4.78 is 5.71. The molecular weight excluding hydrogens is 284 g/mol. The molecule has 2 rings (SSSR count). The van der Waals surface area contributed by atoms with Gasteiger partial charge in [0.05, 0.1) is 30.1 Å². The van der Waals surface area contributed by atoms with Gasteiger partial charge in [0.1, 0.15) is 5.75 Å². The first-order valence-corrected chi connectivity index (χ1v) is 8.08. The average Bonchev–Trinajstić information content (AvgIpc) is 2.61. The SMILES string of the molecule is CCC=CCCCCOc1ccc(-c2ccc(C#N)cc2)nc1. The number of allylic oxidation sites excluding steroid dienone is 2. The van der Waals surface area contributed by atoms with E-state index >= 15 is 0 Å².